The van der Waals surface area contributed by atoms with Crippen LogP contribution in [0.5, 0.6) is 5.88 Å². The Balaban J connectivity index is 1.30. The van der Waals surface area contributed by atoms with E-state index in [0.717, 1.165) is 23.6 Å². The lowest BCUT2D eigenvalue weighted by Gasteiger charge is -2.30. The first-order valence-electron chi connectivity index (χ1n) is 17.1. The van der Waals surface area contributed by atoms with Crippen LogP contribution in [-0.2, 0) is 29.1 Å². The lowest BCUT2D eigenvalue weighted by Crippen LogP contribution is -2.58. The number of hydrogen-bond acceptors (Lipinski definition) is 9. The molecule has 2 aromatic rings. The molecular weight excluding hydrogens is 650 g/mol. The molecule has 4 amide bonds. The van der Waals surface area contributed by atoms with Crippen molar-refractivity contribution in [2.45, 2.75) is 113 Å². The fourth-order valence-electron chi connectivity index (χ4n) is 6.64. The van der Waals surface area contributed by atoms with Gasteiger partial charge in [0.05, 0.1) is 11.8 Å². The smallest absolute Gasteiger partial charge is 0.408 e. The fraction of sp³-hybridized carbons (Fsp3) is 0.571. The number of nitrogens with zero attached hydrogens (tertiary/aromatic N) is 2. The second-order valence-electron chi connectivity index (χ2n) is 14.5. The van der Waals surface area contributed by atoms with Gasteiger partial charge in [-0.05, 0) is 76.8 Å². The molecule has 0 radical (unpaired) electrons. The average molecular weight is 696 g/mol. The van der Waals surface area contributed by atoms with E-state index in [1.54, 1.807) is 27.0 Å². The van der Waals surface area contributed by atoms with Crippen molar-refractivity contribution in [1.29, 1.82) is 0 Å². The summed E-state index contributed by atoms with van der Waals surface area (Å²) in [5.41, 5.74) is -2.27. The van der Waals surface area contributed by atoms with Gasteiger partial charge in [-0.25, -0.2) is 18.2 Å². The van der Waals surface area contributed by atoms with Crippen LogP contribution in [0.1, 0.15) is 78.6 Å². The molecule has 0 bridgehead atoms. The number of rotatable bonds is 6. The largest absolute Gasteiger partial charge is 0.472 e. The van der Waals surface area contributed by atoms with Crippen LogP contribution in [0.25, 0.3) is 10.8 Å². The topological polar surface area (TPSA) is 173 Å². The lowest BCUT2D eigenvalue weighted by atomic mass is 10.0. The SMILES string of the molecule is CC(C)(C)OC(=O)N[C@H]1CCCCC/C=C\[C@@H]2C[C@@]2(C(=O)NS(=O)(=O)C2CC2)NC(=O)[C@@H]2CC(Oc3nccc4ccccc34)CN2C1=O. The molecule has 1 saturated heterocycles. The van der Waals surface area contributed by atoms with E-state index in [4.69, 9.17) is 9.47 Å². The van der Waals surface area contributed by atoms with Gasteiger partial charge >= 0.3 is 6.09 Å². The highest BCUT2D eigenvalue weighted by Crippen LogP contribution is 2.46. The van der Waals surface area contributed by atoms with Gasteiger partial charge in [0.25, 0.3) is 5.91 Å². The average Bonchev–Trinajstić information content (AvgIpc) is 3.96. The summed E-state index contributed by atoms with van der Waals surface area (Å²) in [6.07, 6.45) is 8.59. The first-order chi connectivity index (χ1) is 23.3. The third-order valence-corrected chi connectivity index (χ3v) is 11.3. The molecule has 1 aromatic carbocycles. The maximum absolute atomic E-state index is 14.3. The number of allylic oxidation sites excluding steroid dienone is 1. The van der Waals surface area contributed by atoms with E-state index in [1.165, 1.54) is 4.90 Å². The molecule has 2 aliphatic carbocycles. The van der Waals surface area contributed by atoms with Gasteiger partial charge in [-0.2, -0.15) is 0 Å². The molecule has 14 heteroatoms. The van der Waals surface area contributed by atoms with Gasteiger partial charge in [0.1, 0.15) is 29.3 Å². The van der Waals surface area contributed by atoms with E-state index in [2.05, 4.69) is 20.3 Å². The van der Waals surface area contributed by atoms with Crippen LogP contribution in [-0.4, -0.2) is 83.2 Å². The summed E-state index contributed by atoms with van der Waals surface area (Å²) in [6, 6.07) is 7.39. The highest BCUT2D eigenvalue weighted by atomic mass is 32.2. The number of ether oxygens (including phenoxy) is 2. The van der Waals surface area contributed by atoms with Crippen LogP contribution < -0.4 is 20.1 Å². The highest BCUT2D eigenvalue weighted by Gasteiger charge is 2.62. The Morgan fingerprint density at radius 1 is 1.06 bits per heavy atom. The normalized spacial score (nSPS) is 28.6. The van der Waals surface area contributed by atoms with Gasteiger partial charge in [0, 0.05) is 23.9 Å². The maximum atomic E-state index is 14.3. The summed E-state index contributed by atoms with van der Waals surface area (Å²) in [5, 5.41) is 6.68. The fourth-order valence-corrected chi connectivity index (χ4v) is 8.00. The Hall–Kier alpha value is -4.20. The van der Waals surface area contributed by atoms with Gasteiger partial charge in [-0.3, -0.25) is 19.1 Å². The summed E-state index contributed by atoms with van der Waals surface area (Å²) >= 11 is 0. The van der Waals surface area contributed by atoms with Crippen molar-refractivity contribution in [3.05, 3.63) is 48.7 Å². The lowest BCUT2D eigenvalue weighted by molar-refractivity contribution is -0.141. The van der Waals surface area contributed by atoms with Crippen LogP contribution in [0.4, 0.5) is 4.79 Å². The first-order valence-corrected chi connectivity index (χ1v) is 18.7. The van der Waals surface area contributed by atoms with Gasteiger partial charge in [0.15, 0.2) is 0 Å². The quantitative estimate of drug-likeness (QED) is 0.383. The Morgan fingerprint density at radius 3 is 2.59 bits per heavy atom. The van der Waals surface area contributed by atoms with Crippen molar-refractivity contribution in [2.75, 3.05) is 6.54 Å². The Labute approximate surface area is 286 Å². The van der Waals surface area contributed by atoms with Gasteiger partial charge < -0.3 is 25.0 Å². The summed E-state index contributed by atoms with van der Waals surface area (Å²) in [5.74, 6) is -1.91. The molecule has 1 unspecified atom stereocenters. The number of carbonyl (C=O) groups is 4. The molecule has 3 fully saturated rings. The minimum atomic E-state index is -3.87. The minimum absolute atomic E-state index is 0.0207. The molecule has 4 aliphatic rings. The number of hydrogen-bond donors (Lipinski definition) is 3. The zero-order chi connectivity index (χ0) is 35.0. The third-order valence-electron chi connectivity index (χ3n) is 9.45. The summed E-state index contributed by atoms with van der Waals surface area (Å²) in [7, 11) is -3.87. The van der Waals surface area contributed by atoms with Crippen LogP contribution in [0.15, 0.2) is 48.7 Å². The molecule has 13 nitrogen and oxygen atoms in total. The number of sulfonamides is 1. The number of pyridine rings is 1. The number of fused-ring (bicyclic) bond motifs is 3. The number of amides is 4. The van der Waals surface area contributed by atoms with E-state index >= 15 is 0 Å². The predicted octanol–water partition coefficient (Wildman–Crippen LogP) is 3.48. The number of nitrogens with one attached hydrogen (secondary N) is 3. The molecule has 49 heavy (non-hydrogen) atoms. The third kappa shape index (κ3) is 8.00. The molecular formula is C35H45N5O8S. The molecule has 0 spiro atoms. The predicted molar refractivity (Wildman–Crippen MR) is 181 cm³/mol. The number of aromatic nitrogens is 1. The number of benzene rings is 1. The number of alkyl carbamates (subject to hydrolysis) is 1. The van der Waals surface area contributed by atoms with E-state index in [-0.39, 0.29) is 19.4 Å². The van der Waals surface area contributed by atoms with E-state index in [9.17, 15) is 27.6 Å². The van der Waals surface area contributed by atoms with Gasteiger partial charge in [0.2, 0.25) is 27.7 Å². The maximum Gasteiger partial charge on any atom is 0.408 e. The zero-order valence-electron chi connectivity index (χ0n) is 28.1. The molecule has 5 atom stereocenters. The highest BCUT2D eigenvalue weighted by molar-refractivity contribution is 7.91. The van der Waals surface area contributed by atoms with Crippen LogP contribution in [0.3, 0.4) is 0 Å². The van der Waals surface area contributed by atoms with Crippen LogP contribution in [0.2, 0.25) is 0 Å². The Morgan fingerprint density at radius 2 is 1.84 bits per heavy atom. The van der Waals surface area contributed by atoms with E-state index < -0.39 is 74.3 Å². The monoisotopic (exact) mass is 695 g/mol. The standard InChI is InChI=1S/C35H45N5O8S/c1-34(2,3)48-33(44)37-27-14-8-6-4-5-7-12-23-20-35(23,32(43)39-49(45,46)25-15-16-25)38-29(41)28-19-24(21-40(28)31(27)42)47-30-26-13-10-9-11-22(26)17-18-36-30/h7,9-13,17-18,23-25,27-28H,4-6,8,14-16,19-21H2,1-3H3,(H,37,44)(H,38,41)(H,39,43)/b12-7-/t23-,24?,27+,28+,35-/m1/s1. The molecule has 264 valence electrons. The second-order valence-corrected chi connectivity index (χ2v) is 16.5. The van der Waals surface area contributed by atoms with Gasteiger partial charge in [-0.15, -0.1) is 0 Å². The molecule has 1 aromatic heterocycles. The first kappa shape index (κ1) is 34.7. The molecule has 3 N–H and O–H groups in total. The zero-order valence-corrected chi connectivity index (χ0v) is 29.0. The summed E-state index contributed by atoms with van der Waals surface area (Å²) in [4.78, 5) is 60.9. The minimum Gasteiger partial charge on any atom is -0.472 e. The van der Waals surface area contributed by atoms with Crippen molar-refractivity contribution < 1.29 is 37.1 Å². The van der Waals surface area contributed by atoms with Crippen LogP contribution in [0, 0.1) is 5.92 Å². The van der Waals surface area contributed by atoms with Crippen molar-refractivity contribution in [1.82, 2.24) is 25.2 Å². The van der Waals surface area contributed by atoms with Crippen LogP contribution >= 0.6 is 0 Å². The van der Waals surface area contributed by atoms with Gasteiger partial charge in [-0.1, -0.05) is 43.2 Å². The number of carbonyl (C=O) groups excluding carboxylic acids is 4. The molecule has 2 aliphatic heterocycles. The van der Waals surface area contributed by atoms with E-state index in [1.807, 2.05) is 42.5 Å². The Bertz CT molecular complexity index is 1750. The van der Waals surface area contributed by atoms with E-state index in [0.29, 0.717) is 38.0 Å². The van der Waals surface area contributed by atoms with Crippen molar-refractivity contribution in [3.63, 3.8) is 0 Å². The van der Waals surface area contributed by atoms with Crippen molar-refractivity contribution in [3.8, 4) is 5.88 Å². The second kappa shape index (κ2) is 13.6. The molecule has 2 saturated carbocycles. The van der Waals surface area contributed by atoms with Crippen molar-refractivity contribution in [2.24, 2.45) is 5.92 Å². The summed E-state index contributed by atoms with van der Waals surface area (Å²) in [6.45, 7) is 5.22. The molecule has 3 heterocycles. The molecule has 6 rings (SSSR count). The Kier molecular flexibility index (Phi) is 9.62. The summed E-state index contributed by atoms with van der Waals surface area (Å²) < 4.78 is 39.5. The van der Waals surface area contributed by atoms with Crippen molar-refractivity contribution >= 4 is 44.6 Å².